The molecule has 4 rings (SSSR count). The SMILES string of the molecule is CC(C)S(=O)(=O)c1cccc(C(=O)N(CCN2CCOCC2)c2nc3ccc(S(C)(=O)=O)cc3s2)c1. The van der Waals surface area contributed by atoms with Crippen LogP contribution in [-0.4, -0.2) is 83.5 Å². The molecule has 1 saturated heterocycles. The van der Waals surface area contributed by atoms with Crippen LogP contribution in [0.25, 0.3) is 10.2 Å². The Morgan fingerprint density at radius 2 is 1.81 bits per heavy atom. The molecule has 3 aromatic rings. The molecule has 0 N–H and O–H groups in total. The number of nitrogens with zero attached hydrogens (tertiary/aromatic N) is 3. The van der Waals surface area contributed by atoms with Crippen molar-refractivity contribution in [1.29, 1.82) is 0 Å². The number of morpholine rings is 1. The Hall–Kier alpha value is -2.38. The lowest BCUT2D eigenvalue weighted by Gasteiger charge is -2.29. The van der Waals surface area contributed by atoms with Crippen LogP contribution in [0.3, 0.4) is 0 Å². The fourth-order valence-corrected chi connectivity index (χ4v) is 6.68. The zero-order valence-electron chi connectivity index (χ0n) is 20.4. The van der Waals surface area contributed by atoms with E-state index in [0.29, 0.717) is 41.7 Å². The summed E-state index contributed by atoms with van der Waals surface area (Å²) in [5.41, 5.74) is 0.831. The number of fused-ring (bicyclic) bond motifs is 1. The van der Waals surface area contributed by atoms with E-state index >= 15 is 0 Å². The Morgan fingerprint density at radius 3 is 2.47 bits per heavy atom. The van der Waals surface area contributed by atoms with E-state index in [0.717, 1.165) is 19.3 Å². The molecule has 0 bridgehead atoms. The third-order valence-electron chi connectivity index (χ3n) is 6.03. The number of carbonyl (C=O) groups is 1. The fraction of sp³-hybridized carbons (Fsp3) is 0.417. The minimum absolute atomic E-state index is 0.0959. The number of hydrogen-bond donors (Lipinski definition) is 0. The molecule has 36 heavy (non-hydrogen) atoms. The second-order valence-corrected chi connectivity index (χ2v) is 14.5. The maximum absolute atomic E-state index is 13.7. The number of ether oxygens (including phenoxy) is 1. The Morgan fingerprint density at radius 1 is 1.08 bits per heavy atom. The zero-order valence-corrected chi connectivity index (χ0v) is 22.8. The minimum atomic E-state index is -3.55. The molecule has 194 valence electrons. The highest BCUT2D eigenvalue weighted by Gasteiger charge is 2.26. The molecule has 2 heterocycles. The first-order valence-electron chi connectivity index (χ1n) is 11.5. The van der Waals surface area contributed by atoms with Crippen LogP contribution in [-0.2, 0) is 24.4 Å². The van der Waals surface area contributed by atoms with Crippen LogP contribution in [0.2, 0.25) is 0 Å². The van der Waals surface area contributed by atoms with E-state index in [9.17, 15) is 21.6 Å². The molecular weight excluding hydrogens is 522 g/mol. The van der Waals surface area contributed by atoms with Crippen LogP contribution < -0.4 is 4.90 Å². The normalized spacial score (nSPS) is 15.4. The summed E-state index contributed by atoms with van der Waals surface area (Å²) in [6.07, 6.45) is 1.15. The zero-order chi connectivity index (χ0) is 26.1. The Kier molecular flexibility index (Phi) is 7.81. The third-order valence-corrected chi connectivity index (χ3v) is 10.3. The fourth-order valence-electron chi connectivity index (χ4n) is 3.82. The van der Waals surface area contributed by atoms with Gasteiger partial charge in [-0.1, -0.05) is 17.4 Å². The molecule has 0 radical (unpaired) electrons. The summed E-state index contributed by atoms with van der Waals surface area (Å²) in [4.78, 5) is 22.4. The second kappa shape index (κ2) is 10.5. The third kappa shape index (κ3) is 5.78. The van der Waals surface area contributed by atoms with Crippen molar-refractivity contribution in [2.45, 2.75) is 28.9 Å². The van der Waals surface area contributed by atoms with Crippen molar-refractivity contribution in [2.75, 3.05) is 50.5 Å². The average Bonchev–Trinajstić information content (AvgIpc) is 3.27. The van der Waals surface area contributed by atoms with Gasteiger partial charge in [0, 0.05) is 38.0 Å². The molecule has 1 fully saturated rings. The summed E-state index contributed by atoms with van der Waals surface area (Å²) in [6, 6.07) is 10.8. The lowest BCUT2D eigenvalue weighted by atomic mass is 10.2. The van der Waals surface area contributed by atoms with Gasteiger partial charge < -0.3 is 4.74 Å². The standard InChI is InChI=1S/C24H29N3O6S3/c1-17(2)36(31,32)20-6-4-5-18(15-20)23(28)27(10-9-26-11-13-33-14-12-26)24-25-21-8-7-19(35(3,29)30)16-22(21)34-24/h4-8,15-17H,9-14H2,1-3H3. The van der Waals surface area contributed by atoms with Crippen LogP contribution in [0, 0.1) is 0 Å². The molecule has 12 heteroatoms. The quantitative estimate of drug-likeness (QED) is 0.420. The summed E-state index contributed by atoms with van der Waals surface area (Å²) >= 11 is 1.23. The largest absolute Gasteiger partial charge is 0.379 e. The van der Waals surface area contributed by atoms with Crippen molar-refractivity contribution in [3.05, 3.63) is 48.0 Å². The maximum Gasteiger partial charge on any atom is 0.260 e. The van der Waals surface area contributed by atoms with Gasteiger partial charge in [-0.2, -0.15) is 0 Å². The number of hydrogen-bond acceptors (Lipinski definition) is 9. The number of amides is 1. The summed E-state index contributed by atoms with van der Waals surface area (Å²) in [5.74, 6) is -0.369. The first-order valence-corrected chi connectivity index (χ1v) is 15.8. The first-order chi connectivity index (χ1) is 17.0. The molecule has 0 saturated carbocycles. The Balaban J connectivity index is 1.71. The summed E-state index contributed by atoms with van der Waals surface area (Å²) < 4.78 is 55.5. The number of rotatable bonds is 8. The van der Waals surface area contributed by atoms with E-state index in [4.69, 9.17) is 4.74 Å². The molecule has 1 aliphatic rings. The van der Waals surface area contributed by atoms with Crippen molar-refractivity contribution in [3.8, 4) is 0 Å². The van der Waals surface area contributed by atoms with E-state index in [-0.39, 0.29) is 21.3 Å². The van der Waals surface area contributed by atoms with E-state index in [1.165, 1.54) is 29.5 Å². The van der Waals surface area contributed by atoms with E-state index < -0.39 is 24.9 Å². The van der Waals surface area contributed by atoms with Gasteiger partial charge in [-0.05, 0) is 50.2 Å². The molecule has 0 spiro atoms. The number of carbonyl (C=O) groups excluding carboxylic acids is 1. The van der Waals surface area contributed by atoms with Crippen molar-refractivity contribution >= 4 is 52.3 Å². The van der Waals surface area contributed by atoms with Crippen molar-refractivity contribution in [1.82, 2.24) is 9.88 Å². The molecular formula is C24H29N3O6S3. The molecule has 0 atom stereocenters. The highest BCUT2D eigenvalue weighted by Crippen LogP contribution is 2.32. The minimum Gasteiger partial charge on any atom is -0.379 e. The summed E-state index contributed by atoms with van der Waals surface area (Å²) in [7, 11) is -6.95. The number of aromatic nitrogens is 1. The topological polar surface area (TPSA) is 114 Å². The van der Waals surface area contributed by atoms with Gasteiger partial charge in [0.1, 0.15) is 0 Å². The van der Waals surface area contributed by atoms with Gasteiger partial charge in [0.2, 0.25) is 0 Å². The molecule has 1 amide bonds. The van der Waals surface area contributed by atoms with Gasteiger partial charge in [0.25, 0.3) is 5.91 Å². The maximum atomic E-state index is 13.7. The first kappa shape index (κ1) is 26.7. The highest BCUT2D eigenvalue weighted by atomic mass is 32.2. The summed E-state index contributed by atoms with van der Waals surface area (Å²) in [5, 5.41) is -0.195. The number of anilines is 1. The van der Waals surface area contributed by atoms with Crippen molar-refractivity contribution < 1.29 is 26.4 Å². The number of sulfone groups is 2. The molecule has 2 aromatic carbocycles. The molecule has 0 aliphatic carbocycles. The van der Waals surface area contributed by atoms with Gasteiger partial charge in [0.15, 0.2) is 24.8 Å². The van der Waals surface area contributed by atoms with Crippen LogP contribution >= 0.6 is 11.3 Å². The van der Waals surface area contributed by atoms with Gasteiger partial charge >= 0.3 is 0 Å². The van der Waals surface area contributed by atoms with Crippen LogP contribution in [0.5, 0.6) is 0 Å². The van der Waals surface area contributed by atoms with Crippen LogP contribution in [0.1, 0.15) is 24.2 Å². The van der Waals surface area contributed by atoms with E-state index in [1.54, 1.807) is 43.0 Å². The average molecular weight is 552 g/mol. The molecule has 9 nitrogen and oxygen atoms in total. The monoisotopic (exact) mass is 551 g/mol. The van der Waals surface area contributed by atoms with Gasteiger partial charge in [-0.25, -0.2) is 21.8 Å². The van der Waals surface area contributed by atoms with E-state index in [2.05, 4.69) is 9.88 Å². The Labute approximate surface area is 215 Å². The lowest BCUT2D eigenvalue weighted by molar-refractivity contribution is 0.0391. The lowest BCUT2D eigenvalue weighted by Crippen LogP contribution is -2.43. The molecule has 0 unspecified atom stereocenters. The Bertz CT molecular complexity index is 1480. The smallest absolute Gasteiger partial charge is 0.260 e. The van der Waals surface area contributed by atoms with Crippen LogP contribution in [0.15, 0.2) is 52.3 Å². The number of benzene rings is 2. The molecule has 1 aliphatic heterocycles. The van der Waals surface area contributed by atoms with Gasteiger partial charge in [0.05, 0.1) is 38.5 Å². The predicted molar refractivity (Wildman–Crippen MR) is 140 cm³/mol. The van der Waals surface area contributed by atoms with E-state index in [1.807, 2.05) is 0 Å². The highest BCUT2D eigenvalue weighted by molar-refractivity contribution is 7.92. The molecule has 1 aromatic heterocycles. The van der Waals surface area contributed by atoms with Gasteiger partial charge in [-0.3, -0.25) is 14.6 Å². The van der Waals surface area contributed by atoms with Gasteiger partial charge in [-0.15, -0.1) is 0 Å². The van der Waals surface area contributed by atoms with Crippen LogP contribution in [0.4, 0.5) is 5.13 Å². The summed E-state index contributed by atoms with van der Waals surface area (Å²) in [6.45, 7) is 6.87. The van der Waals surface area contributed by atoms with Crippen molar-refractivity contribution in [3.63, 3.8) is 0 Å². The number of thiazole rings is 1. The second-order valence-electron chi connectivity index (χ2n) is 8.93. The van der Waals surface area contributed by atoms with Crippen molar-refractivity contribution in [2.24, 2.45) is 0 Å². The predicted octanol–water partition coefficient (Wildman–Crippen LogP) is 2.86.